The van der Waals surface area contributed by atoms with E-state index >= 15 is 0 Å². The van der Waals surface area contributed by atoms with Crippen molar-refractivity contribution < 1.29 is 19.1 Å². The predicted octanol–water partition coefficient (Wildman–Crippen LogP) is 2.40. The number of anilines is 1. The number of imide groups is 1. The fourth-order valence-corrected chi connectivity index (χ4v) is 4.75. The Kier molecular flexibility index (Phi) is 7.26. The molecule has 2 aromatic rings. The number of benzene rings is 1. The summed E-state index contributed by atoms with van der Waals surface area (Å²) in [5.41, 5.74) is 0.739. The Morgan fingerprint density at radius 2 is 1.88 bits per heavy atom. The van der Waals surface area contributed by atoms with E-state index in [9.17, 15) is 14.4 Å². The van der Waals surface area contributed by atoms with E-state index in [-0.39, 0.29) is 19.0 Å². The Hall–Kier alpha value is -3.07. The van der Waals surface area contributed by atoms with Crippen LogP contribution in [0.5, 0.6) is 5.75 Å². The van der Waals surface area contributed by atoms with Gasteiger partial charge in [0.15, 0.2) is 6.10 Å². The number of fused-ring (bicyclic) bond motifs is 1. The van der Waals surface area contributed by atoms with Crippen LogP contribution in [0.2, 0.25) is 0 Å². The quantitative estimate of drug-likeness (QED) is 0.697. The lowest BCUT2D eigenvalue weighted by atomic mass is 10.1. The fraction of sp³-hybridized carbons (Fsp3) is 0.435. The number of carbonyl (C=O) groups is 3. The Morgan fingerprint density at radius 3 is 2.66 bits per heavy atom. The molecule has 1 atom stereocenters. The van der Waals surface area contributed by atoms with Crippen molar-refractivity contribution >= 4 is 34.9 Å². The molecule has 0 spiro atoms. The van der Waals surface area contributed by atoms with Crippen molar-refractivity contribution in [2.75, 3.05) is 37.6 Å². The standard InChI is InChI=1S/C23H28N4O4S/c28-21(25-23(30)24-11-10-17-7-6-14-32-17)16-27-15-20(22(29)26-12-4-1-5-13-26)31-19-9-3-2-8-18(19)27/h2-3,6-9,14,20H,1,4-5,10-13,15-16H2,(H2,24,25,28,30). The molecular weight excluding hydrogens is 428 g/mol. The zero-order valence-corrected chi connectivity index (χ0v) is 18.7. The summed E-state index contributed by atoms with van der Waals surface area (Å²) >= 11 is 1.63. The summed E-state index contributed by atoms with van der Waals surface area (Å²) in [6, 6.07) is 10.8. The molecule has 0 bridgehead atoms. The van der Waals surface area contributed by atoms with Crippen molar-refractivity contribution in [3.05, 3.63) is 46.7 Å². The van der Waals surface area contributed by atoms with E-state index < -0.39 is 18.0 Å². The number of thiophene rings is 1. The lowest BCUT2D eigenvalue weighted by Gasteiger charge is -2.38. The molecule has 0 radical (unpaired) electrons. The third-order valence-corrected chi connectivity index (χ3v) is 6.57. The molecule has 1 aromatic heterocycles. The number of para-hydroxylation sites is 2. The van der Waals surface area contributed by atoms with Gasteiger partial charge in [0.1, 0.15) is 5.75 Å². The van der Waals surface area contributed by atoms with Gasteiger partial charge in [0.25, 0.3) is 5.91 Å². The minimum absolute atomic E-state index is 0.0392. The summed E-state index contributed by atoms with van der Waals surface area (Å²) in [6.07, 6.45) is 3.19. The van der Waals surface area contributed by atoms with Crippen molar-refractivity contribution in [1.29, 1.82) is 0 Å². The van der Waals surface area contributed by atoms with Crippen LogP contribution in [0, 0.1) is 0 Å². The summed E-state index contributed by atoms with van der Waals surface area (Å²) in [5, 5.41) is 7.08. The van der Waals surface area contributed by atoms with Gasteiger partial charge >= 0.3 is 6.03 Å². The van der Waals surface area contributed by atoms with Crippen LogP contribution in [-0.2, 0) is 16.0 Å². The Balaban J connectivity index is 1.34. The Labute approximate surface area is 191 Å². The molecule has 2 N–H and O–H groups in total. The first kappa shape index (κ1) is 22.1. The molecule has 0 saturated carbocycles. The van der Waals surface area contributed by atoms with Crippen LogP contribution in [-0.4, -0.2) is 61.6 Å². The van der Waals surface area contributed by atoms with E-state index in [2.05, 4.69) is 10.6 Å². The molecule has 1 unspecified atom stereocenters. The summed E-state index contributed by atoms with van der Waals surface area (Å²) in [6.45, 7) is 2.16. The average Bonchev–Trinajstić information content (AvgIpc) is 3.32. The van der Waals surface area contributed by atoms with Crippen molar-refractivity contribution in [1.82, 2.24) is 15.5 Å². The topological polar surface area (TPSA) is 91.0 Å². The first-order chi connectivity index (χ1) is 15.6. The maximum absolute atomic E-state index is 13.0. The van der Waals surface area contributed by atoms with Gasteiger partial charge in [-0.15, -0.1) is 11.3 Å². The van der Waals surface area contributed by atoms with Crippen LogP contribution in [0.25, 0.3) is 0 Å². The minimum Gasteiger partial charge on any atom is -0.477 e. The van der Waals surface area contributed by atoms with E-state index in [0.717, 1.165) is 44.5 Å². The number of hydrogen-bond acceptors (Lipinski definition) is 6. The van der Waals surface area contributed by atoms with Crippen molar-refractivity contribution in [2.24, 2.45) is 0 Å². The van der Waals surface area contributed by atoms with E-state index in [1.807, 2.05) is 40.6 Å². The number of piperidine rings is 1. The number of hydrogen-bond donors (Lipinski definition) is 2. The van der Waals surface area contributed by atoms with Crippen molar-refractivity contribution in [3.63, 3.8) is 0 Å². The molecular formula is C23H28N4O4S. The van der Waals surface area contributed by atoms with Crippen LogP contribution >= 0.6 is 11.3 Å². The lowest BCUT2D eigenvalue weighted by molar-refractivity contribution is -0.139. The second-order valence-corrected chi connectivity index (χ2v) is 9.01. The number of nitrogens with zero attached hydrogens (tertiary/aromatic N) is 2. The van der Waals surface area contributed by atoms with Crippen LogP contribution < -0.4 is 20.3 Å². The van der Waals surface area contributed by atoms with Gasteiger partial charge in [0.2, 0.25) is 5.91 Å². The van der Waals surface area contributed by atoms with Crippen molar-refractivity contribution in [2.45, 2.75) is 31.8 Å². The Morgan fingerprint density at radius 1 is 1.06 bits per heavy atom. The average molecular weight is 457 g/mol. The second-order valence-electron chi connectivity index (χ2n) is 7.97. The number of likely N-dealkylation sites (tertiary alicyclic amines) is 1. The predicted molar refractivity (Wildman–Crippen MR) is 123 cm³/mol. The van der Waals surface area contributed by atoms with Gasteiger partial charge < -0.3 is 19.9 Å². The molecule has 2 aliphatic rings. The normalized spacial score (nSPS) is 17.8. The van der Waals surface area contributed by atoms with Gasteiger partial charge in [-0.1, -0.05) is 18.2 Å². The molecule has 8 nitrogen and oxygen atoms in total. The maximum Gasteiger partial charge on any atom is 0.321 e. The third kappa shape index (κ3) is 5.59. The smallest absolute Gasteiger partial charge is 0.321 e. The molecule has 3 heterocycles. The fourth-order valence-electron chi connectivity index (χ4n) is 4.04. The number of ether oxygens (including phenoxy) is 1. The zero-order chi connectivity index (χ0) is 22.3. The molecule has 170 valence electrons. The summed E-state index contributed by atoms with van der Waals surface area (Å²) in [5.74, 6) is 0.0951. The van der Waals surface area contributed by atoms with Gasteiger partial charge in [-0.3, -0.25) is 14.9 Å². The van der Waals surface area contributed by atoms with Crippen LogP contribution in [0.1, 0.15) is 24.1 Å². The maximum atomic E-state index is 13.0. The highest BCUT2D eigenvalue weighted by Gasteiger charge is 2.34. The van der Waals surface area contributed by atoms with Gasteiger partial charge in [0, 0.05) is 24.5 Å². The lowest BCUT2D eigenvalue weighted by Crippen LogP contribution is -2.53. The first-order valence-corrected chi connectivity index (χ1v) is 11.9. The monoisotopic (exact) mass is 456 g/mol. The molecule has 32 heavy (non-hydrogen) atoms. The van der Waals surface area contributed by atoms with E-state index in [4.69, 9.17) is 4.74 Å². The van der Waals surface area contributed by atoms with Gasteiger partial charge in [-0.25, -0.2) is 4.79 Å². The number of nitrogens with one attached hydrogen (secondary N) is 2. The molecule has 1 aromatic carbocycles. The molecule has 9 heteroatoms. The molecule has 2 aliphatic heterocycles. The Bertz CT molecular complexity index is 943. The largest absolute Gasteiger partial charge is 0.477 e. The third-order valence-electron chi connectivity index (χ3n) is 5.63. The molecule has 4 rings (SSSR count). The number of carbonyl (C=O) groups excluding carboxylic acids is 3. The highest BCUT2D eigenvalue weighted by atomic mass is 32.1. The molecule has 1 saturated heterocycles. The molecule has 4 amide bonds. The summed E-state index contributed by atoms with van der Waals surface area (Å²) < 4.78 is 5.99. The van der Waals surface area contributed by atoms with E-state index in [1.165, 1.54) is 4.88 Å². The second kappa shape index (κ2) is 10.5. The van der Waals surface area contributed by atoms with Crippen molar-refractivity contribution in [3.8, 4) is 5.75 Å². The SMILES string of the molecule is O=C(CN1CC(C(=O)N2CCCCC2)Oc2ccccc21)NC(=O)NCCc1cccs1. The molecule has 1 fully saturated rings. The number of amides is 4. The minimum atomic E-state index is -0.671. The van der Waals surface area contributed by atoms with Crippen LogP contribution in [0.15, 0.2) is 41.8 Å². The first-order valence-electron chi connectivity index (χ1n) is 11.0. The van der Waals surface area contributed by atoms with Crippen LogP contribution in [0.3, 0.4) is 0 Å². The molecule has 0 aliphatic carbocycles. The van der Waals surface area contributed by atoms with Crippen LogP contribution in [0.4, 0.5) is 10.5 Å². The summed E-state index contributed by atoms with van der Waals surface area (Å²) in [4.78, 5) is 42.5. The van der Waals surface area contributed by atoms with E-state index in [0.29, 0.717) is 12.3 Å². The summed E-state index contributed by atoms with van der Waals surface area (Å²) in [7, 11) is 0. The highest BCUT2D eigenvalue weighted by molar-refractivity contribution is 7.09. The highest BCUT2D eigenvalue weighted by Crippen LogP contribution is 2.33. The number of urea groups is 1. The van der Waals surface area contributed by atoms with Gasteiger partial charge in [-0.05, 0) is 49.3 Å². The zero-order valence-electron chi connectivity index (χ0n) is 17.9. The van der Waals surface area contributed by atoms with E-state index in [1.54, 1.807) is 22.3 Å². The number of rotatable bonds is 6. The van der Waals surface area contributed by atoms with Gasteiger partial charge in [-0.2, -0.15) is 0 Å². The van der Waals surface area contributed by atoms with Gasteiger partial charge in [0.05, 0.1) is 18.8 Å².